The Morgan fingerprint density at radius 3 is 2.73 bits per heavy atom. The van der Waals surface area contributed by atoms with Crippen molar-refractivity contribution in [1.82, 2.24) is 9.78 Å². The number of aromatic nitrogens is 2. The van der Waals surface area contributed by atoms with E-state index in [0.717, 1.165) is 5.69 Å². The van der Waals surface area contributed by atoms with Crippen LogP contribution in [0.15, 0.2) is 30.5 Å². The number of carbonyl (C=O) groups excluding carboxylic acids is 1. The third-order valence-electron chi connectivity index (χ3n) is 3.12. The maximum atomic E-state index is 12.2. The van der Waals surface area contributed by atoms with E-state index in [9.17, 15) is 14.9 Å². The maximum absolute atomic E-state index is 12.2. The molecule has 0 bridgehead atoms. The molecule has 22 heavy (non-hydrogen) atoms. The van der Waals surface area contributed by atoms with Gasteiger partial charge in [0.15, 0.2) is 0 Å². The van der Waals surface area contributed by atoms with Crippen LogP contribution in [0.25, 0.3) is 0 Å². The Morgan fingerprint density at radius 1 is 1.45 bits per heavy atom. The summed E-state index contributed by atoms with van der Waals surface area (Å²) < 4.78 is 6.53. The number of methoxy groups -OCH3 is 1. The zero-order valence-corrected chi connectivity index (χ0v) is 12.4. The van der Waals surface area contributed by atoms with E-state index in [1.807, 2.05) is 6.92 Å². The summed E-state index contributed by atoms with van der Waals surface area (Å²) in [5, 5.41) is 17.7. The number of rotatable bonds is 5. The van der Waals surface area contributed by atoms with Crippen molar-refractivity contribution < 1.29 is 14.5 Å². The molecule has 2 aromatic rings. The van der Waals surface area contributed by atoms with Gasteiger partial charge in [-0.3, -0.25) is 19.6 Å². The highest BCUT2D eigenvalue weighted by atomic mass is 16.6. The standard InChI is InChI=1S/C14H16N4O4/c1-9-4-5-17(16-9)10(2)14(19)15-11-6-12(18(20)21)8-13(7-11)22-3/h4-8,10H,1-3H3,(H,15,19). The van der Waals surface area contributed by atoms with Gasteiger partial charge < -0.3 is 10.1 Å². The second-order valence-corrected chi connectivity index (χ2v) is 4.78. The molecule has 8 heteroatoms. The molecule has 1 aromatic carbocycles. The highest BCUT2D eigenvalue weighted by Gasteiger charge is 2.18. The van der Waals surface area contributed by atoms with Gasteiger partial charge in [0, 0.05) is 18.3 Å². The van der Waals surface area contributed by atoms with Gasteiger partial charge in [0.1, 0.15) is 11.8 Å². The van der Waals surface area contributed by atoms with Gasteiger partial charge in [0.25, 0.3) is 5.69 Å². The summed E-state index contributed by atoms with van der Waals surface area (Å²) in [5.74, 6) is -0.0299. The average Bonchev–Trinajstić information content (AvgIpc) is 2.92. The third-order valence-corrected chi connectivity index (χ3v) is 3.12. The molecule has 0 saturated carbocycles. The normalized spacial score (nSPS) is 11.8. The molecule has 0 radical (unpaired) electrons. The first-order chi connectivity index (χ1) is 10.4. The van der Waals surface area contributed by atoms with Gasteiger partial charge >= 0.3 is 0 Å². The van der Waals surface area contributed by atoms with Gasteiger partial charge in [0.05, 0.1) is 29.5 Å². The molecule has 8 nitrogen and oxygen atoms in total. The molecule has 1 amide bonds. The lowest BCUT2D eigenvalue weighted by atomic mass is 10.2. The number of anilines is 1. The zero-order valence-electron chi connectivity index (χ0n) is 12.4. The van der Waals surface area contributed by atoms with Crippen LogP contribution in [0.4, 0.5) is 11.4 Å². The maximum Gasteiger partial charge on any atom is 0.275 e. The lowest BCUT2D eigenvalue weighted by Crippen LogP contribution is -2.24. The number of amides is 1. The van der Waals surface area contributed by atoms with Crippen molar-refractivity contribution in [2.24, 2.45) is 0 Å². The summed E-state index contributed by atoms with van der Waals surface area (Å²) in [6, 6.07) is 5.34. The minimum Gasteiger partial charge on any atom is -0.496 e. The van der Waals surface area contributed by atoms with Crippen LogP contribution in [0.1, 0.15) is 18.7 Å². The number of ether oxygens (including phenoxy) is 1. The fraction of sp³-hybridized carbons (Fsp3) is 0.286. The van der Waals surface area contributed by atoms with Crippen LogP contribution < -0.4 is 10.1 Å². The van der Waals surface area contributed by atoms with Crippen molar-refractivity contribution in [2.45, 2.75) is 19.9 Å². The molecule has 0 fully saturated rings. The van der Waals surface area contributed by atoms with Gasteiger partial charge in [-0.2, -0.15) is 5.10 Å². The van der Waals surface area contributed by atoms with Gasteiger partial charge in [-0.05, 0) is 19.9 Å². The number of nitro groups is 1. The number of hydrogen-bond acceptors (Lipinski definition) is 5. The molecule has 1 heterocycles. The summed E-state index contributed by atoms with van der Waals surface area (Å²) in [6.45, 7) is 3.52. The van der Waals surface area contributed by atoms with Crippen LogP contribution in [0.5, 0.6) is 5.75 Å². The van der Waals surface area contributed by atoms with E-state index >= 15 is 0 Å². The summed E-state index contributed by atoms with van der Waals surface area (Å²) in [6.07, 6.45) is 1.70. The lowest BCUT2D eigenvalue weighted by Gasteiger charge is -2.13. The fourth-order valence-electron chi connectivity index (χ4n) is 1.89. The van der Waals surface area contributed by atoms with Crippen LogP contribution in [0, 0.1) is 17.0 Å². The molecule has 2 rings (SSSR count). The molecule has 0 aliphatic carbocycles. The van der Waals surface area contributed by atoms with Crippen LogP contribution >= 0.6 is 0 Å². The molecule has 1 N–H and O–H groups in total. The zero-order chi connectivity index (χ0) is 16.3. The number of benzene rings is 1. The topological polar surface area (TPSA) is 99.3 Å². The Morgan fingerprint density at radius 2 is 2.18 bits per heavy atom. The van der Waals surface area contributed by atoms with E-state index in [2.05, 4.69) is 10.4 Å². The number of nitrogens with one attached hydrogen (secondary N) is 1. The SMILES string of the molecule is COc1cc(NC(=O)C(C)n2ccc(C)n2)cc([N+](=O)[O-])c1. The Labute approximate surface area is 126 Å². The molecule has 0 aliphatic rings. The summed E-state index contributed by atoms with van der Waals surface area (Å²) in [5.41, 5.74) is 0.945. The molecular formula is C14H16N4O4. The van der Waals surface area contributed by atoms with E-state index in [-0.39, 0.29) is 11.6 Å². The van der Waals surface area contributed by atoms with Crippen LogP contribution in [0.2, 0.25) is 0 Å². The second kappa shape index (κ2) is 6.25. The lowest BCUT2D eigenvalue weighted by molar-refractivity contribution is -0.384. The average molecular weight is 304 g/mol. The number of aryl methyl sites for hydroxylation is 1. The first-order valence-corrected chi connectivity index (χ1v) is 6.57. The molecule has 1 unspecified atom stereocenters. The Bertz CT molecular complexity index is 711. The van der Waals surface area contributed by atoms with Gasteiger partial charge in [-0.1, -0.05) is 0 Å². The molecule has 1 atom stereocenters. The van der Waals surface area contributed by atoms with Crippen molar-refractivity contribution in [3.8, 4) is 5.75 Å². The Hall–Kier alpha value is -2.90. The van der Waals surface area contributed by atoms with E-state index in [1.165, 1.54) is 30.0 Å². The van der Waals surface area contributed by atoms with Gasteiger partial charge in [-0.25, -0.2) is 0 Å². The van der Waals surface area contributed by atoms with Gasteiger partial charge in [0.2, 0.25) is 5.91 Å². The number of non-ortho nitro benzene ring substituents is 1. The second-order valence-electron chi connectivity index (χ2n) is 4.78. The summed E-state index contributed by atoms with van der Waals surface area (Å²) >= 11 is 0. The highest BCUT2D eigenvalue weighted by Crippen LogP contribution is 2.26. The van der Waals surface area contributed by atoms with Crippen LogP contribution in [-0.2, 0) is 4.79 Å². The van der Waals surface area contributed by atoms with E-state index in [0.29, 0.717) is 11.4 Å². The van der Waals surface area contributed by atoms with Crippen LogP contribution in [-0.4, -0.2) is 27.7 Å². The largest absolute Gasteiger partial charge is 0.496 e. The van der Waals surface area contributed by atoms with Gasteiger partial charge in [-0.15, -0.1) is 0 Å². The number of nitrogens with zero attached hydrogens (tertiary/aromatic N) is 3. The summed E-state index contributed by atoms with van der Waals surface area (Å²) in [4.78, 5) is 22.6. The number of carbonyl (C=O) groups is 1. The monoisotopic (exact) mass is 304 g/mol. The molecule has 1 aromatic heterocycles. The minimum absolute atomic E-state index is 0.155. The minimum atomic E-state index is -0.543. The van der Waals surface area contributed by atoms with Crippen molar-refractivity contribution in [3.05, 3.63) is 46.3 Å². The van der Waals surface area contributed by atoms with Crippen molar-refractivity contribution in [3.63, 3.8) is 0 Å². The Kier molecular flexibility index (Phi) is 4.40. The van der Waals surface area contributed by atoms with Crippen molar-refractivity contribution in [1.29, 1.82) is 0 Å². The van der Waals surface area contributed by atoms with E-state index in [1.54, 1.807) is 19.2 Å². The smallest absolute Gasteiger partial charge is 0.275 e. The van der Waals surface area contributed by atoms with Crippen molar-refractivity contribution in [2.75, 3.05) is 12.4 Å². The Balaban J connectivity index is 2.20. The number of hydrogen-bond donors (Lipinski definition) is 1. The highest BCUT2D eigenvalue weighted by molar-refractivity contribution is 5.93. The van der Waals surface area contributed by atoms with E-state index in [4.69, 9.17) is 4.74 Å². The predicted molar refractivity (Wildman–Crippen MR) is 80.0 cm³/mol. The molecule has 0 aliphatic heterocycles. The quantitative estimate of drug-likeness (QED) is 0.675. The predicted octanol–water partition coefficient (Wildman–Crippen LogP) is 2.31. The number of nitro benzene ring substituents is 1. The van der Waals surface area contributed by atoms with Crippen molar-refractivity contribution >= 4 is 17.3 Å². The molecule has 0 saturated heterocycles. The molecular weight excluding hydrogens is 288 g/mol. The van der Waals surface area contributed by atoms with Crippen LogP contribution in [0.3, 0.4) is 0 Å². The fourth-order valence-corrected chi connectivity index (χ4v) is 1.89. The molecule has 116 valence electrons. The van der Waals surface area contributed by atoms with E-state index < -0.39 is 11.0 Å². The summed E-state index contributed by atoms with van der Waals surface area (Å²) in [7, 11) is 1.40. The first kappa shape index (κ1) is 15.5. The first-order valence-electron chi connectivity index (χ1n) is 6.57. The molecule has 0 spiro atoms. The third kappa shape index (κ3) is 3.40.